The van der Waals surface area contributed by atoms with E-state index < -0.39 is 0 Å². The Balaban J connectivity index is 0.00000361. The van der Waals surface area contributed by atoms with Crippen molar-refractivity contribution in [2.24, 2.45) is 0 Å². The summed E-state index contributed by atoms with van der Waals surface area (Å²) in [6.45, 7) is 2.38. The molecule has 0 aliphatic carbocycles. The van der Waals surface area contributed by atoms with Gasteiger partial charge in [-0.25, -0.2) is 9.13 Å². The Morgan fingerprint density at radius 3 is 1.00 bits per heavy atom. The first-order chi connectivity index (χ1) is 17.9. The number of halogens is 2. The van der Waals surface area contributed by atoms with Crippen LogP contribution in [0.4, 0.5) is 0 Å². The van der Waals surface area contributed by atoms with Gasteiger partial charge in [-0.3, -0.25) is 0 Å². The van der Waals surface area contributed by atoms with Crippen molar-refractivity contribution in [3.05, 3.63) is 60.2 Å². The van der Waals surface area contributed by atoms with Crippen molar-refractivity contribution in [3.8, 4) is 0 Å². The summed E-state index contributed by atoms with van der Waals surface area (Å²) in [5.41, 5.74) is 3.06. The Labute approximate surface area is 269 Å². The Kier molecular flexibility index (Phi) is 23.1. The topological polar surface area (TPSA) is 7.76 Å². The van der Waals surface area contributed by atoms with E-state index in [2.05, 4.69) is 58.2 Å². The number of hydrogen-bond donors (Lipinski definition) is 0. The van der Waals surface area contributed by atoms with E-state index in [4.69, 9.17) is 0 Å². The SMILES string of the molecule is [I-].[I-].c1cc2c[n+](c1)CCCCCCCCCCCCCCc1ccc[n+](c1)CCCCCCCCCC2. The molecule has 1 aliphatic heterocycles. The van der Waals surface area contributed by atoms with Gasteiger partial charge in [0.15, 0.2) is 24.8 Å². The van der Waals surface area contributed by atoms with Crippen molar-refractivity contribution in [1.29, 1.82) is 0 Å². The molecule has 4 heteroatoms. The maximum Gasteiger partial charge on any atom is 0.171 e. The lowest BCUT2D eigenvalue weighted by Gasteiger charge is -2.05. The van der Waals surface area contributed by atoms with Crippen LogP contribution in [0.5, 0.6) is 0 Å². The van der Waals surface area contributed by atoms with Crippen molar-refractivity contribution >= 4 is 0 Å². The summed E-state index contributed by atoms with van der Waals surface area (Å²) in [6, 6.07) is 9.17. The van der Waals surface area contributed by atoms with Gasteiger partial charge in [-0.1, -0.05) is 89.9 Å². The van der Waals surface area contributed by atoms with Crippen molar-refractivity contribution < 1.29 is 57.1 Å². The third kappa shape index (κ3) is 17.5. The Hall–Kier alpha value is -0.240. The maximum absolute atomic E-state index is 2.43. The summed E-state index contributed by atoms with van der Waals surface area (Å²) in [4.78, 5) is 0. The molecule has 0 aromatic carbocycles. The number of pyridine rings is 2. The molecule has 0 atom stereocenters. The molecule has 2 aromatic rings. The molecule has 0 unspecified atom stereocenters. The molecule has 0 spiro atoms. The van der Waals surface area contributed by atoms with E-state index in [1.165, 1.54) is 165 Å². The molecule has 3 rings (SSSR count). The molecule has 1 aliphatic rings. The van der Waals surface area contributed by atoms with Crippen molar-refractivity contribution in [3.63, 3.8) is 0 Å². The van der Waals surface area contributed by atoms with E-state index in [0.29, 0.717) is 0 Å². The maximum atomic E-state index is 2.43. The molecule has 0 N–H and O–H groups in total. The molecule has 4 bridgehead atoms. The van der Waals surface area contributed by atoms with Crippen LogP contribution >= 0.6 is 0 Å². The summed E-state index contributed by atoms with van der Waals surface area (Å²) in [5, 5.41) is 0. The normalized spacial score (nSPS) is 18.7. The van der Waals surface area contributed by atoms with Gasteiger partial charge in [-0.05, 0) is 50.7 Å². The van der Waals surface area contributed by atoms with Crippen LogP contribution in [0.1, 0.15) is 140 Å². The number of aryl methyl sites for hydroxylation is 4. The lowest BCUT2D eigenvalue weighted by atomic mass is 10.0. The van der Waals surface area contributed by atoms with Crippen LogP contribution in [0.3, 0.4) is 0 Å². The summed E-state index contributed by atoms with van der Waals surface area (Å²) in [7, 11) is 0. The van der Waals surface area contributed by atoms with Crippen molar-refractivity contribution in [2.75, 3.05) is 0 Å². The lowest BCUT2D eigenvalue weighted by molar-refractivity contribution is -0.697. The summed E-state index contributed by atoms with van der Waals surface area (Å²) >= 11 is 0. The second kappa shape index (κ2) is 24.5. The molecule has 2 aromatic heterocycles. The van der Waals surface area contributed by atoms with Crippen LogP contribution in [0.25, 0.3) is 0 Å². The minimum absolute atomic E-state index is 0. The van der Waals surface area contributed by atoms with E-state index in [0.717, 1.165) is 0 Å². The van der Waals surface area contributed by atoms with Gasteiger partial charge in [-0.2, -0.15) is 0 Å². The molecular formula is C34H56I2N2. The van der Waals surface area contributed by atoms with Gasteiger partial charge < -0.3 is 48.0 Å². The highest BCUT2D eigenvalue weighted by molar-refractivity contribution is 5.05. The van der Waals surface area contributed by atoms with Crippen LogP contribution in [0, 0.1) is 0 Å². The van der Waals surface area contributed by atoms with Gasteiger partial charge in [0.05, 0.1) is 0 Å². The van der Waals surface area contributed by atoms with Crippen molar-refractivity contribution in [2.45, 2.75) is 154 Å². The van der Waals surface area contributed by atoms with Crippen LogP contribution in [-0.4, -0.2) is 0 Å². The van der Waals surface area contributed by atoms with Gasteiger partial charge in [-0.15, -0.1) is 0 Å². The smallest absolute Gasteiger partial charge is 0.171 e. The fraction of sp³-hybridized carbons (Fsp3) is 0.706. The average molecular weight is 747 g/mol. The van der Waals surface area contributed by atoms with Crippen LogP contribution < -0.4 is 57.1 Å². The molecule has 0 saturated carbocycles. The third-order valence-corrected chi connectivity index (χ3v) is 8.10. The lowest BCUT2D eigenvalue weighted by Crippen LogP contribution is -3.00. The predicted molar refractivity (Wildman–Crippen MR) is 153 cm³/mol. The zero-order valence-corrected chi connectivity index (χ0v) is 28.6. The standard InChI is InChI=1S/C34H56N2.2HI/c1-2-4-7-11-15-19-27-35-29-22-26-34(32-35)24-18-14-10-6-8-12-16-20-28-36-30-21-25-33(31-36)23-17-13-9-5-3-1;;/h21-22,25-26,29-32H,1-20,23-24,27-28H2;2*1H/q+2;;/p-2. The van der Waals surface area contributed by atoms with E-state index in [1.807, 2.05) is 0 Å². The Bertz CT molecular complexity index is 743. The highest BCUT2D eigenvalue weighted by atomic mass is 127. The van der Waals surface area contributed by atoms with Gasteiger partial charge in [0.25, 0.3) is 0 Å². The first kappa shape index (κ1) is 35.8. The molecule has 0 fully saturated rings. The quantitative estimate of drug-likeness (QED) is 0.290. The second-order valence-corrected chi connectivity index (χ2v) is 11.5. The van der Waals surface area contributed by atoms with Gasteiger partial charge >= 0.3 is 0 Å². The summed E-state index contributed by atoms with van der Waals surface area (Å²) < 4.78 is 4.87. The Morgan fingerprint density at radius 1 is 0.368 bits per heavy atom. The number of fused-ring (bicyclic) bond motifs is 4. The summed E-state index contributed by atoms with van der Waals surface area (Å²) in [5.74, 6) is 0. The molecule has 216 valence electrons. The number of aromatic nitrogens is 2. The second-order valence-electron chi connectivity index (χ2n) is 11.5. The third-order valence-electron chi connectivity index (χ3n) is 8.10. The highest BCUT2D eigenvalue weighted by Gasteiger charge is 2.05. The van der Waals surface area contributed by atoms with E-state index in [-0.39, 0.29) is 48.0 Å². The number of rotatable bonds is 0. The van der Waals surface area contributed by atoms with E-state index in [1.54, 1.807) is 0 Å². The van der Waals surface area contributed by atoms with Crippen molar-refractivity contribution in [1.82, 2.24) is 0 Å². The molecule has 0 radical (unpaired) electrons. The fourth-order valence-corrected chi connectivity index (χ4v) is 5.80. The number of nitrogens with zero attached hydrogens (tertiary/aromatic N) is 2. The Morgan fingerprint density at radius 2 is 0.658 bits per heavy atom. The van der Waals surface area contributed by atoms with E-state index in [9.17, 15) is 0 Å². The fourth-order valence-electron chi connectivity index (χ4n) is 5.80. The number of hydrogen-bond acceptors (Lipinski definition) is 0. The summed E-state index contributed by atoms with van der Waals surface area (Å²) in [6.07, 6.45) is 39.9. The highest BCUT2D eigenvalue weighted by Crippen LogP contribution is 2.14. The zero-order chi connectivity index (χ0) is 24.9. The predicted octanol–water partition coefficient (Wildman–Crippen LogP) is 2.87. The largest absolute Gasteiger partial charge is 1.00 e. The monoisotopic (exact) mass is 746 g/mol. The zero-order valence-electron chi connectivity index (χ0n) is 24.2. The molecule has 2 nitrogen and oxygen atoms in total. The van der Waals surface area contributed by atoms with Crippen LogP contribution in [-0.2, 0) is 25.9 Å². The first-order valence-electron chi connectivity index (χ1n) is 15.9. The molecule has 0 saturated heterocycles. The molecule has 3 heterocycles. The molecule has 38 heavy (non-hydrogen) atoms. The molecule has 0 amide bonds. The van der Waals surface area contributed by atoms with Gasteiger partial charge in [0.1, 0.15) is 13.1 Å². The van der Waals surface area contributed by atoms with E-state index >= 15 is 0 Å². The minimum Gasteiger partial charge on any atom is -1.00 e. The minimum atomic E-state index is 0. The average Bonchev–Trinajstić information content (AvgIpc) is 2.90. The first-order valence-corrected chi connectivity index (χ1v) is 15.9. The van der Waals surface area contributed by atoms with Gasteiger partial charge in [0, 0.05) is 36.1 Å². The van der Waals surface area contributed by atoms with Gasteiger partial charge in [0.2, 0.25) is 0 Å². The van der Waals surface area contributed by atoms with Crippen LogP contribution in [0.15, 0.2) is 49.1 Å². The molecular weight excluding hydrogens is 690 g/mol. The van der Waals surface area contributed by atoms with Crippen LogP contribution in [0.2, 0.25) is 0 Å².